The van der Waals surface area contributed by atoms with Gasteiger partial charge in [0.25, 0.3) is 0 Å². The summed E-state index contributed by atoms with van der Waals surface area (Å²) in [7, 11) is 0. The van der Waals surface area contributed by atoms with Gasteiger partial charge in [0, 0.05) is 31.5 Å². The number of carbonyl (C=O) groups is 3. The number of carboxylic acids is 1. The van der Waals surface area contributed by atoms with Crippen molar-refractivity contribution in [2.75, 3.05) is 13.1 Å². The molecule has 0 fully saturated rings. The van der Waals surface area contributed by atoms with Gasteiger partial charge in [-0.3, -0.25) is 9.59 Å². The molecule has 0 aliphatic heterocycles. The van der Waals surface area contributed by atoms with Crippen molar-refractivity contribution in [1.82, 2.24) is 16.0 Å². The number of rotatable bonds is 7. The topological polar surface area (TPSA) is 108 Å². The molecule has 7 nitrogen and oxygen atoms in total. The van der Waals surface area contributed by atoms with Gasteiger partial charge in [0.15, 0.2) is 0 Å². The maximum atomic E-state index is 11.5. The SMILES string of the molecule is CC(CNC(=O)NCCC(=O)NC(C)(C)C)CC(=O)O. The Morgan fingerprint density at radius 3 is 2.25 bits per heavy atom. The summed E-state index contributed by atoms with van der Waals surface area (Å²) in [5.74, 6) is -1.15. The number of carbonyl (C=O) groups excluding carboxylic acids is 2. The lowest BCUT2D eigenvalue weighted by Crippen LogP contribution is -2.43. The van der Waals surface area contributed by atoms with Crippen molar-refractivity contribution < 1.29 is 19.5 Å². The summed E-state index contributed by atoms with van der Waals surface area (Å²) in [6.45, 7) is 7.91. The average Bonchev–Trinajstić information content (AvgIpc) is 2.22. The van der Waals surface area contributed by atoms with Gasteiger partial charge in [-0.15, -0.1) is 0 Å². The normalized spacial score (nSPS) is 12.4. The van der Waals surface area contributed by atoms with Crippen LogP contribution in [0.15, 0.2) is 0 Å². The van der Waals surface area contributed by atoms with E-state index in [1.807, 2.05) is 20.8 Å². The minimum Gasteiger partial charge on any atom is -0.481 e. The first kappa shape index (κ1) is 18.2. The lowest BCUT2D eigenvalue weighted by Gasteiger charge is -2.20. The summed E-state index contributed by atoms with van der Waals surface area (Å²) >= 11 is 0. The largest absolute Gasteiger partial charge is 0.481 e. The zero-order chi connectivity index (χ0) is 15.8. The van der Waals surface area contributed by atoms with Crippen molar-refractivity contribution in [2.24, 2.45) is 5.92 Å². The van der Waals surface area contributed by atoms with Crippen LogP contribution in [0.25, 0.3) is 0 Å². The van der Waals surface area contributed by atoms with Crippen molar-refractivity contribution >= 4 is 17.9 Å². The summed E-state index contributed by atoms with van der Waals surface area (Å²) in [6, 6.07) is -0.397. The monoisotopic (exact) mass is 287 g/mol. The zero-order valence-electron chi connectivity index (χ0n) is 12.6. The highest BCUT2D eigenvalue weighted by molar-refractivity contribution is 5.78. The maximum absolute atomic E-state index is 11.5. The van der Waals surface area contributed by atoms with Crippen molar-refractivity contribution in [3.8, 4) is 0 Å². The predicted molar refractivity (Wildman–Crippen MR) is 75.3 cm³/mol. The Hall–Kier alpha value is -1.79. The Labute approximate surface area is 119 Å². The van der Waals surface area contributed by atoms with Crippen LogP contribution in [0.4, 0.5) is 4.79 Å². The molecule has 0 heterocycles. The van der Waals surface area contributed by atoms with E-state index >= 15 is 0 Å². The third kappa shape index (κ3) is 11.3. The van der Waals surface area contributed by atoms with Gasteiger partial charge in [-0.25, -0.2) is 4.79 Å². The highest BCUT2D eigenvalue weighted by Crippen LogP contribution is 1.99. The quantitative estimate of drug-likeness (QED) is 0.553. The fraction of sp³-hybridized carbons (Fsp3) is 0.769. The van der Waals surface area contributed by atoms with E-state index in [0.29, 0.717) is 0 Å². The second kappa shape index (κ2) is 8.39. The molecule has 1 atom stereocenters. The van der Waals surface area contributed by atoms with Crippen LogP contribution in [0.1, 0.15) is 40.5 Å². The molecule has 116 valence electrons. The summed E-state index contributed by atoms with van der Waals surface area (Å²) < 4.78 is 0. The van der Waals surface area contributed by atoms with Gasteiger partial charge in [0.05, 0.1) is 0 Å². The number of hydrogen-bond donors (Lipinski definition) is 4. The number of carboxylic acid groups (broad SMARTS) is 1. The Balaban J connectivity index is 3.74. The number of hydrogen-bond acceptors (Lipinski definition) is 3. The zero-order valence-corrected chi connectivity index (χ0v) is 12.6. The molecule has 20 heavy (non-hydrogen) atoms. The Bertz CT molecular complexity index is 350. The fourth-order valence-corrected chi connectivity index (χ4v) is 1.47. The third-order valence-corrected chi connectivity index (χ3v) is 2.29. The molecule has 0 rings (SSSR count). The molecular formula is C13H25N3O4. The van der Waals surface area contributed by atoms with Crippen molar-refractivity contribution in [3.05, 3.63) is 0 Å². The van der Waals surface area contributed by atoms with E-state index < -0.39 is 12.0 Å². The van der Waals surface area contributed by atoms with E-state index in [9.17, 15) is 14.4 Å². The van der Waals surface area contributed by atoms with Crippen molar-refractivity contribution in [2.45, 2.75) is 46.1 Å². The second-order valence-corrected chi connectivity index (χ2v) is 5.89. The molecule has 0 aliphatic rings. The third-order valence-electron chi connectivity index (χ3n) is 2.29. The van der Waals surface area contributed by atoms with Gasteiger partial charge in [-0.05, 0) is 26.7 Å². The first-order valence-electron chi connectivity index (χ1n) is 6.64. The number of urea groups is 1. The molecule has 0 bridgehead atoms. The van der Waals surface area contributed by atoms with Crippen LogP contribution in [0.2, 0.25) is 0 Å². The molecule has 4 N–H and O–H groups in total. The summed E-state index contributed by atoms with van der Waals surface area (Å²) in [4.78, 5) is 33.3. The minimum atomic E-state index is -0.890. The van der Waals surface area contributed by atoms with Crippen LogP contribution >= 0.6 is 0 Å². The molecule has 0 spiro atoms. The highest BCUT2D eigenvalue weighted by atomic mass is 16.4. The maximum Gasteiger partial charge on any atom is 0.314 e. The molecule has 3 amide bonds. The van der Waals surface area contributed by atoms with E-state index in [1.165, 1.54) is 0 Å². The molecule has 0 radical (unpaired) electrons. The minimum absolute atomic E-state index is 0.00820. The molecule has 0 saturated carbocycles. The molecule has 1 unspecified atom stereocenters. The summed E-state index contributed by atoms with van der Waals surface area (Å²) in [5, 5.41) is 16.5. The summed E-state index contributed by atoms with van der Waals surface area (Å²) in [5.41, 5.74) is -0.286. The lowest BCUT2D eigenvalue weighted by molar-refractivity contribution is -0.138. The fourth-order valence-electron chi connectivity index (χ4n) is 1.47. The first-order valence-corrected chi connectivity index (χ1v) is 6.64. The van der Waals surface area contributed by atoms with Crippen LogP contribution in [0, 0.1) is 5.92 Å². The molecule has 0 aromatic heterocycles. The van der Waals surface area contributed by atoms with E-state index in [2.05, 4.69) is 16.0 Å². The summed E-state index contributed by atoms with van der Waals surface area (Å²) in [6.07, 6.45) is 0.212. The Morgan fingerprint density at radius 1 is 1.15 bits per heavy atom. The van der Waals surface area contributed by atoms with E-state index in [-0.39, 0.29) is 43.3 Å². The van der Waals surface area contributed by atoms with Gasteiger partial charge in [-0.1, -0.05) is 6.92 Å². The van der Waals surface area contributed by atoms with Crippen LogP contribution in [-0.4, -0.2) is 41.6 Å². The highest BCUT2D eigenvalue weighted by Gasteiger charge is 2.13. The van der Waals surface area contributed by atoms with Gasteiger partial charge < -0.3 is 21.1 Å². The van der Waals surface area contributed by atoms with Crippen LogP contribution in [0.5, 0.6) is 0 Å². The second-order valence-electron chi connectivity index (χ2n) is 5.89. The van der Waals surface area contributed by atoms with Gasteiger partial charge >= 0.3 is 12.0 Å². The molecule has 0 aromatic rings. The lowest BCUT2D eigenvalue weighted by atomic mass is 10.1. The van der Waals surface area contributed by atoms with Crippen LogP contribution in [-0.2, 0) is 9.59 Å². The first-order chi connectivity index (χ1) is 9.10. The molecule has 0 aliphatic carbocycles. The number of nitrogens with one attached hydrogen (secondary N) is 3. The van der Waals surface area contributed by atoms with E-state index in [4.69, 9.17) is 5.11 Å². The molecule has 7 heteroatoms. The van der Waals surface area contributed by atoms with E-state index in [1.54, 1.807) is 6.92 Å². The number of aliphatic carboxylic acids is 1. The van der Waals surface area contributed by atoms with Gasteiger partial charge in [0.1, 0.15) is 0 Å². The predicted octanol–water partition coefficient (Wildman–Crippen LogP) is 0.701. The van der Waals surface area contributed by atoms with Gasteiger partial charge in [-0.2, -0.15) is 0 Å². The van der Waals surface area contributed by atoms with Crippen molar-refractivity contribution in [1.29, 1.82) is 0 Å². The molecular weight excluding hydrogens is 262 g/mol. The number of amides is 3. The van der Waals surface area contributed by atoms with Crippen LogP contribution < -0.4 is 16.0 Å². The van der Waals surface area contributed by atoms with Crippen molar-refractivity contribution in [3.63, 3.8) is 0 Å². The smallest absolute Gasteiger partial charge is 0.314 e. The standard InChI is InChI=1S/C13H25N3O4/c1-9(7-11(18)19)8-15-12(20)14-6-5-10(17)16-13(2,3)4/h9H,5-8H2,1-4H3,(H,16,17)(H,18,19)(H2,14,15,20). The molecule has 0 aromatic carbocycles. The molecule has 0 saturated heterocycles. The Kier molecular flexibility index (Phi) is 7.64. The van der Waals surface area contributed by atoms with Crippen LogP contribution in [0.3, 0.4) is 0 Å². The average molecular weight is 287 g/mol. The van der Waals surface area contributed by atoms with Gasteiger partial charge in [0.2, 0.25) is 5.91 Å². The Morgan fingerprint density at radius 2 is 1.75 bits per heavy atom. The van der Waals surface area contributed by atoms with E-state index in [0.717, 1.165) is 0 Å².